The van der Waals surface area contributed by atoms with Gasteiger partial charge in [0, 0.05) is 0 Å². The molecule has 4 nitrogen and oxygen atoms in total. The minimum Gasteiger partial charge on any atom is -0.363 e. The average Bonchev–Trinajstić information content (AvgIpc) is 2.45. The van der Waals surface area contributed by atoms with Crippen molar-refractivity contribution in [2.75, 3.05) is 0 Å². The number of carbonyl (C=O) groups excluding carboxylic acids is 2. The molecule has 0 saturated carbocycles. The van der Waals surface area contributed by atoms with Crippen molar-refractivity contribution in [2.45, 2.75) is 0 Å². The lowest BCUT2D eigenvalue weighted by Crippen LogP contribution is -2.09. The van der Waals surface area contributed by atoms with Gasteiger partial charge in [-0.15, -0.1) is 0 Å². The zero-order valence-electron chi connectivity index (χ0n) is 5.40. The van der Waals surface area contributed by atoms with Crippen LogP contribution in [0.4, 0.5) is 0 Å². The lowest BCUT2D eigenvalue weighted by atomic mass is 10.0. The summed E-state index contributed by atoms with van der Waals surface area (Å²) in [5.74, 6) is -0.519. The molecule has 1 aliphatic carbocycles. The number of hydrogen-bond donors (Lipinski definition) is 0. The number of nitrogens with zero attached hydrogens (tertiary/aromatic N) is 1. The largest absolute Gasteiger partial charge is 0.363 e. The van der Waals surface area contributed by atoms with Crippen LogP contribution in [0, 0.1) is 0 Å². The SMILES string of the molecule is O=C1C=CC(=O)c2nocc21. The van der Waals surface area contributed by atoms with Gasteiger partial charge in [-0.3, -0.25) is 9.59 Å². The van der Waals surface area contributed by atoms with Crippen LogP contribution in [-0.2, 0) is 0 Å². The normalized spacial score (nSPS) is 15.3. The van der Waals surface area contributed by atoms with E-state index in [1.165, 1.54) is 18.4 Å². The number of fused-ring (bicyclic) bond motifs is 1. The fraction of sp³-hybridized carbons (Fsp3) is 0. The Bertz CT molecular complexity index is 329. The monoisotopic (exact) mass is 149 g/mol. The minimum absolute atomic E-state index is 0.109. The molecule has 1 aromatic rings. The third-order valence-electron chi connectivity index (χ3n) is 1.45. The van der Waals surface area contributed by atoms with Crippen LogP contribution in [0.3, 0.4) is 0 Å². The highest BCUT2D eigenvalue weighted by molar-refractivity contribution is 6.20. The first-order valence-corrected chi connectivity index (χ1v) is 3.00. The van der Waals surface area contributed by atoms with Crippen LogP contribution in [0.15, 0.2) is 22.9 Å². The molecule has 0 unspecified atom stereocenters. The molecular formula is C7H3NO3. The summed E-state index contributed by atoms with van der Waals surface area (Å²) in [6.45, 7) is 0. The molecule has 0 amide bonds. The van der Waals surface area contributed by atoms with Gasteiger partial charge in [0.2, 0.25) is 5.78 Å². The lowest BCUT2D eigenvalue weighted by Gasteiger charge is -1.96. The van der Waals surface area contributed by atoms with Crippen LogP contribution < -0.4 is 0 Å². The number of carbonyl (C=O) groups is 2. The van der Waals surface area contributed by atoms with E-state index in [0.29, 0.717) is 0 Å². The Morgan fingerprint density at radius 1 is 1.18 bits per heavy atom. The van der Waals surface area contributed by atoms with E-state index in [-0.39, 0.29) is 22.8 Å². The van der Waals surface area contributed by atoms with E-state index in [2.05, 4.69) is 9.68 Å². The quantitative estimate of drug-likeness (QED) is 0.542. The first-order chi connectivity index (χ1) is 5.29. The Labute approximate surface area is 61.5 Å². The van der Waals surface area contributed by atoms with Crippen LogP contribution in [0.2, 0.25) is 0 Å². The highest BCUT2D eigenvalue weighted by atomic mass is 16.5. The summed E-state index contributed by atoms with van der Waals surface area (Å²) in [6.07, 6.45) is 3.58. The Morgan fingerprint density at radius 3 is 2.64 bits per heavy atom. The van der Waals surface area contributed by atoms with E-state index in [9.17, 15) is 9.59 Å². The van der Waals surface area contributed by atoms with Crippen molar-refractivity contribution in [3.8, 4) is 0 Å². The van der Waals surface area contributed by atoms with E-state index >= 15 is 0 Å². The zero-order chi connectivity index (χ0) is 7.84. The molecule has 0 fully saturated rings. The molecule has 0 aromatic carbocycles. The highest BCUT2D eigenvalue weighted by Crippen LogP contribution is 2.13. The Balaban J connectivity index is 2.68. The van der Waals surface area contributed by atoms with Crippen molar-refractivity contribution in [1.29, 1.82) is 0 Å². The molecule has 0 aliphatic heterocycles. The van der Waals surface area contributed by atoms with Gasteiger partial charge in [-0.2, -0.15) is 0 Å². The molecule has 0 atom stereocenters. The number of allylic oxidation sites excluding steroid dienone is 2. The fourth-order valence-corrected chi connectivity index (χ4v) is 0.909. The molecular weight excluding hydrogens is 146 g/mol. The van der Waals surface area contributed by atoms with Crippen LogP contribution in [0.1, 0.15) is 20.8 Å². The van der Waals surface area contributed by atoms with Crippen molar-refractivity contribution in [3.05, 3.63) is 29.7 Å². The van der Waals surface area contributed by atoms with Crippen molar-refractivity contribution < 1.29 is 14.1 Å². The second kappa shape index (κ2) is 1.88. The standard InChI is InChI=1S/C7H3NO3/c9-5-1-2-6(10)7-4(5)3-11-8-7/h1-3H. The molecule has 1 aliphatic rings. The minimum atomic E-state index is -0.284. The number of hydrogen-bond acceptors (Lipinski definition) is 4. The van der Waals surface area contributed by atoms with Gasteiger partial charge in [-0.05, 0) is 12.2 Å². The van der Waals surface area contributed by atoms with Gasteiger partial charge in [0.1, 0.15) is 6.26 Å². The third kappa shape index (κ3) is 0.724. The second-order valence-electron chi connectivity index (χ2n) is 2.14. The predicted molar refractivity (Wildman–Crippen MR) is 34.3 cm³/mol. The lowest BCUT2D eigenvalue weighted by molar-refractivity contribution is 0.0991. The molecule has 0 N–H and O–H groups in total. The van der Waals surface area contributed by atoms with Gasteiger partial charge in [0.15, 0.2) is 11.5 Å². The van der Waals surface area contributed by atoms with Gasteiger partial charge in [0.05, 0.1) is 5.56 Å². The summed E-state index contributed by atoms with van der Waals surface area (Å²) >= 11 is 0. The molecule has 0 bridgehead atoms. The van der Waals surface area contributed by atoms with Gasteiger partial charge >= 0.3 is 0 Å². The number of rotatable bonds is 0. The smallest absolute Gasteiger partial charge is 0.208 e. The van der Waals surface area contributed by atoms with E-state index in [4.69, 9.17) is 0 Å². The second-order valence-corrected chi connectivity index (χ2v) is 2.14. The fourth-order valence-electron chi connectivity index (χ4n) is 0.909. The summed E-state index contributed by atoms with van der Waals surface area (Å²) in [5, 5.41) is 3.39. The maximum Gasteiger partial charge on any atom is 0.208 e. The molecule has 11 heavy (non-hydrogen) atoms. The Hall–Kier alpha value is -1.71. The molecule has 1 heterocycles. The van der Waals surface area contributed by atoms with E-state index in [1.807, 2.05) is 0 Å². The summed E-state index contributed by atoms with van der Waals surface area (Å²) in [4.78, 5) is 21.9. The van der Waals surface area contributed by atoms with Crippen LogP contribution in [0.25, 0.3) is 0 Å². The number of aromatic nitrogens is 1. The molecule has 2 rings (SSSR count). The molecule has 0 saturated heterocycles. The number of ketones is 2. The van der Waals surface area contributed by atoms with Gasteiger partial charge < -0.3 is 4.52 Å². The third-order valence-corrected chi connectivity index (χ3v) is 1.45. The average molecular weight is 149 g/mol. The first-order valence-electron chi connectivity index (χ1n) is 3.00. The first kappa shape index (κ1) is 6.03. The zero-order valence-corrected chi connectivity index (χ0v) is 5.40. The van der Waals surface area contributed by atoms with Crippen molar-refractivity contribution in [3.63, 3.8) is 0 Å². The molecule has 54 valence electrons. The topological polar surface area (TPSA) is 60.2 Å². The van der Waals surface area contributed by atoms with E-state index < -0.39 is 0 Å². The van der Waals surface area contributed by atoms with Gasteiger partial charge in [-0.1, -0.05) is 5.16 Å². The maximum atomic E-state index is 11.0. The van der Waals surface area contributed by atoms with E-state index in [1.54, 1.807) is 0 Å². The molecule has 1 aromatic heterocycles. The van der Waals surface area contributed by atoms with Crippen LogP contribution in [-0.4, -0.2) is 16.7 Å². The summed E-state index contributed by atoms with van der Waals surface area (Å²) in [7, 11) is 0. The maximum absolute atomic E-state index is 11.0. The molecule has 0 spiro atoms. The summed E-state index contributed by atoms with van der Waals surface area (Å²) in [6, 6.07) is 0. The van der Waals surface area contributed by atoms with Crippen molar-refractivity contribution in [2.24, 2.45) is 0 Å². The van der Waals surface area contributed by atoms with Crippen molar-refractivity contribution >= 4 is 11.6 Å². The molecule has 0 radical (unpaired) electrons. The van der Waals surface area contributed by atoms with Crippen molar-refractivity contribution in [1.82, 2.24) is 5.16 Å². The predicted octanol–water partition coefficient (Wildman–Crippen LogP) is 0.610. The van der Waals surface area contributed by atoms with Crippen LogP contribution >= 0.6 is 0 Å². The van der Waals surface area contributed by atoms with Gasteiger partial charge in [0.25, 0.3) is 0 Å². The summed E-state index contributed by atoms with van der Waals surface area (Å²) in [5.41, 5.74) is 0.356. The molecule has 4 heteroatoms. The Morgan fingerprint density at radius 2 is 1.91 bits per heavy atom. The summed E-state index contributed by atoms with van der Waals surface area (Å²) < 4.78 is 4.48. The van der Waals surface area contributed by atoms with Crippen LogP contribution in [0.5, 0.6) is 0 Å². The van der Waals surface area contributed by atoms with Gasteiger partial charge in [-0.25, -0.2) is 0 Å². The highest BCUT2D eigenvalue weighted by Gasteiger charge is 2.22. The Kier molecular flexibility index (Phi) is 1.03. The van der Waals surface area contributed by atoms with E-state index in [0.717, 1.165) is 0 Å².